The van der Waals surface area contributed by atoms with E-state index in [4.69, 9.17) is 0 Å². The third-order valence-electron chi connectivity index (χ3n) is 2.15. The zero-order valence-corrected chi connectivity index (χ0v) is 6.96. The topological polar surface area (TPSA) is 42.0 Å². The molecular formula is C9H9FN2O. The van der Waals surface area contributed by atoms with Crippen LogP contribution >= 0.6 is 0 Å². The van der Waals surface area contributed by atoms with Gasteiger partial charge in [-0.3, -0.25) is 9.78 Å². The van der Waals surface area contributed by atoms with Crippen LogP contribution in [0.1, 0.15) is 18.0 Å². The molecule has 1 atom stereocenters. The second-order valence-corrected chi connectivity index (χ2v) is 3.11. The van der Waals surface area contributed by atoms with Crippen molar-refractivity contribution in [1.82, 2.24) is 10.3 Å². The van der Waals surface area contributed by atoms with Gasteiger partial charge in [-0.25, -0.2) is 4.39 Å². The van der Waals surface area contributed by atoms with E-state index in [1.165, 1.54) is 12.3 Å². The van der Waals surface area contributed by atoms with Gasteiger partial charge in [0.15, 0.2) is 0 Å². The zero-order chi connectivity index (χ0) is 9.26. The summed E-state index contributed by atoms with van der Waals surface area (Å²) in [5, 5.41) is 2.71. The van der Waals surface area contributed by atoms with E-state index in [1.54, 1.807) is 6.07 Å². The first kappa shape index (κ1) is 8.16. The summed E-state index contributed by atoms with van der Waals surface area (Å²) in [5.41, 5.74) is 0.778. The smallest absolute Gasteiger partial charge is 0.220 e. The standard InChI is InChI=1S/C9H9FN2O/c10-7-1-2-8(11-5-7)6-3-9(13)12-4-6/h1-2,5-6H,3-4H2,(H,12,13). The van der Waals surface area contributed by atoms with E-state index in [2.05, 4.69) is 10.3 Å². The number of halogens is 1. The first-order chi connectivity index (χ1) is 6.25. The zero-order valence-electron chi connectivity index (χ0n) is 6.96. The molecule has 3 nitrogen and oxygen atoms in total. The second kappa shape index (κ2) is 3.12. The fourth-order valence-corrected chi connectivity index (χ4v) is 1.44. The van der Waals surface area contributed by atoms with E-state index in [0.717, 1.165) is 5.69 Å². The van der Waals surface area contributed by atoms with Crippen molar-refractivity contribution in [1.29, 1.82) is 0 Å². The molecule has 0 aromatic carbocycles. The van der Waals surface area contributed by atoms with Crippen molar-refractivity contribution in [3.05, 3.63) is 29.8 Å². The maximum Gasteiger partial charge on any atom is 0.220 e. The predicted octanol–water partition coefficient (Wildman–Crippen LogP) is 0.824. The van der Waals surface area contributed by atoms with Crippen LogP contribution in [0.2, 0.25) is 0 Å². The van der Waals surface area contributed by atoms with Crippen LogP contribution in [0.15, 0.2) is 18.3 Å². The minimum atomic E-state index is -0.346. The van der Waals surface area contributed by atoms with E-state index in [9.17, 15) is 9.18 Å². The van der Waals surface area contributed by atoms with Crippen LogP contribution in [-0.2, 0) is 4.79 Å². The maximum absolute atomic E-state index is 12.5. The number of hydrogen-bond acceptors (Lipinski definition) is 2. The van der Waals surface area contributed by atoms with Crippen LogP contribution in [-0.4, -0.2) is 17.4 Å². The Balaban J connectivity index is 2.17. The molecule has 2 rings (SSSR count). The summed E-state index contributed by atoms with van der Waals surface area (Å²) in [6, 6.07) is 2.99. The molecule has 2 heterocycles. The van der Waals surface area contributed by atoms with Gasteiger partial charge in [0.2, 0.25) is 5.91 Å². The lowest BCUT2D eigenvalue weighted by Gasteiger charge is -2.04. The number of rotatable bonds is 1. The molecule has 4 heteroatoms. The highest BCUT2D eigenvalue weighted by Crippen LogP contribution is 2.20. The second-order valence-electron chi connectivity index (χ2n) is 3.11. The molecular weight excluding hydrogens is 171 g/mol. The molecule has 1 fully saturated rings. The Morgan fingerprint density at radius 2 is 2.38 bits per heavy atom. The van der Waals surface area contributed by atoms with Crippen molar-refractivity contribution in [2.45, 2.75) is 12.3 Å². The van der Waals surface area contributed by atoms with Gasteiger partial charge < -0.3 is 5.32 Å². The number of carbonyl (C=O) groups is 1. The number of nitrogens with one attached hydrogen (secondary N) is 1. The quantitative estimate of drug-likeness (QED) is 0.695. The van der Waals surface area contributed by atoms with Crippen molar-refractivity contribution >= 4 is 5.91 Å². The molecule has 0 spiro atoms. The summed E-state index contributed by atoms with van der Waals surface area (Å²) in [6.45, 7) is 0.609. The van der Waals surface area contributed by atoms with Crippen molar-refractivity contribution in [3.63, 3.8) is 0 Å². The SMILES string of the molecule is O=C1CC(c2ccc(F)cn2)CN1. The summed E-state index contributed by atoms with van der Waals surface area (Å²) in [4.78, 5) is 14.8. The third kappa shape index (κ3) is 1.66. The number of pyridine rings is 1. The van der Waals surface area contributed by atoms with E-state index in [0.29, 0.717) is 13.0 Å². The van der Waals surface area contributed by atoms with Gasteiger partial charge in [0.1, 0.15) is 5.82 Å². The van der Waals surface area contributed by atoms with Crippen LogP contribution in [0, 0.1) is 5.82 Å². The Bertz CT molecular complexity index is 323. The van der Waals surface area contributed by atoms with Crippen molar-refractivity contribution in [2.75, 3.05) is 6.54 Å². The van der Waals surface area contributed by atoms with Crippen LogP contribution < -0.4 is 5.32 Å². The average molecular weight is 180 g/mol. The van der Waals surface area contributed by atoms with E-state index >= 15 is 0 Å². The molecule has 1 aliphatic rings. The molecule has 1 saturated heterocycles. The van der Waals surface area contributed by atoms with Crippen molar-refractivity contribution in [3.8, 4) is 0 Å². The molecule has 1 unspecified atom stereocenters. The first-order valence-corrected chi connectivity index (χ1v) is 4.14. The minimum Gasteiger partial charge on any atom is -0.355 e. The lowest BCUT2D eigenvalue weighted by Crippen LogP contribution is -2.13. The molecule has 1 aromatic rings. The third-order valence-corrected chi connectivity index (χ3v) is 2.15. The molecule has 0 saturated carbocycles. The number of aromatic nitrogens is 1. The Morgan fingerprint density at radius 3 is 2.92 bits per heavy atom. The molecule has 1 N–H and O–H groups in total. The fraction of sp³-hybridized carbons (Fsp3) is 0.333. The molecule has 1 aliphatic heterocycles. The highest BCUT2D eigenvalue weighted by Gasteiger charge is 2.23. The average Bonchev–Trinajstić information content (AvgIpc) is 2.53. The molecule has 0 radical (unpaired) electrons. The predicted molar refractivity (Wildman–Crippen MR) is 44.6 cm³/mol. The number of hydrogen-bond donors (Lipinski definition) is 1. The molecule has 0 bridgehead atoms. The van der Waals surface area contributed by atoms with E-state index < -0.39 is 0 Å². The first-order valence-electron chi connectivity index (χ1n) is 4.14. The Kier molecular flexibility index (Phi) is 1.96. The van der Waals surface area contributed by atoms with Crippen molar-refractivity contribution < 1.29 is 9.18 Å². The Labute approximate surface area is 75.0 Å². The van der Waals surface area contributed by atoms with Gasteiger partial charge in [0, 0.05) is 24.6 Å². The lowest BCUT2D eigenvalue weighted by molar-refractivity contribution is -0.119. The van der Waals surface area contributed by atoms with Crippen LogP contribution in [0.5, 0.6) is 0 Å². The summed E-state index contributed by atoms with van der Waals surface area (Å²) in [5.74, 6) is -0.203. The fourth-order valence-electron chi connectivity index (χ4n) is 1.44. The van der Waals surface area contributed by atoms with Crippen LogP contribution in [0.4, 0.5) is 4.39 Å². The number of amides is 1. The monoisotopic (exact) mass is 180 g/mol. The largest absolute Gasteiger partial charge is 0.355 e. The summed E-state index contributed by atoms with van der Waals surface area (Å²) < 4.78 is 12.5. The maximum atomic E-state index is 12.5. The minimum absolute atomic E-state index is 0.0381. The Morgan fingerprint density at radius 1 is 1.54 bits per heavy atom. The van der Waals surface area contributed by atoms with E-state index in [1.807, 2.05) is 0 Å². The number of nitrogens with zero attached hydrogens (tertiary/aromatic N) is 1. The highest BCUT2D eigenvalue weighted by molar-refractivity contribution is 5.79. The highest BCUT2D eigenvalue weighted by atomic mass is 19.1. The van der Waals surface area contributed by atoms with Gasteiger partial charge in [-0.2, -0.15) is 0 Å². The molecule has 0 aliphatic carbocycles. The molecule has 1 amide bonds. The molecule has 13 heavy (non-hydrogen) atoms. The normalized spacial score (nSPS) is 21.6. The number of carbonyl (C=O) groups excluding carboxylic acids is 1. The van der Waals surface area contributed by atoms with Crippen molar-refractivity contribution in [2.24, 2.45) is 0 Å². The van der Waals surface area contributed by atoms with Gasteiger partial charge in [0.05, 0.1) is 6.20 Å². The van der Waals surface area contributed by atoms with Gasteiger partial charge in [-0.05, 0) is 12.1 Å². The molecule has 1 aromatic heterocycles. The van der Waals surface area contributed by atoms with Gasteiger partial charge >= 0.3 is 0 Å². The van der Waals surface area contributed by atoms with Gasteiger partial charge in [-0.1, -0.05) is 0 Å². The van der Waals surface area contributed by atoms with Gasteiger partial charge in [-0.15, -0.1) is 0 Å². The van der Waals surface area contributed by atoms with Gasteiger partial charge in [0.25, 0.3) is 0 Å². The van der Waals surface area contributed by atoms with Crippen LogP contribution in [0.3, 0.4) is 0 Å². The summed E-state index contributed by atoms with van der Waals surface area (Å²) in [7, 11) is 0. The summed E-state index contributed by atoms with van der Waals surface area (Å²) in [6.07, 6.45) is 1.64. The molecule has 68 valence electrons. The van der Waals surface area contributed by atoms with Crippen LogP contribution in [0.25, 0.3) is 0 Å². The Hall–Kier alpha value is -1.45. The van der Waals surface area contributed by atoms with E-state index in [-0.39, 0.29) is 17.6 Å². The summed E-state index contributed by atoms with van der Waals surface area (Å²) >= 11 is 0. The lowest BCUT2D eigenvalue weighted by atomic mass is 10.0.